The number of thiocarbonyl (C=S) groups is 1. The van der Waals surface area contributed by atoms with E-state index in [1.807, 2.05) is 18.2 Å². The SMILES string of the molecule is CCCCC(Oc1cccc(N(S)C(N)=O)c1)N1CCN(c2cccc3ccccc23)C1=S. The smallest absolute Gasteiger partial charge is 0.329 e. The number of amides is 2. The van der Waals surface area contributed by atoms with Gasteiger partial charge in [0.2, 0.25) is 0 Å². The number of unbranched alkanes of at least 4 members (excludes halogenated alkanes) is 1. The molecule has 1 saturated heterocycles. The van der Waals surface area contributed by atoms with Crippen molar-refractivity contribution in [1.82, 2.24) is 4.90 Å². The van der Waals surface area contributed by atoms with Gasteiger partial charge in [-0.05, 0) is 42.2 Å². The molecule has 0 spiro atoms. The predicted molar refractivity (Wildman–Crippen MR) is 142 cm³/mol. The lowest BCUT2D eigenvalue weighted by Crippen LogP contribution is -2.42. The van der Waals surface area contributed by atoms with Gasteiger partial charge < -0.3 is 20.3 Å². The molecule has 3 aromatic carbocycles. The maximum Gasteiger partial charge on any atom is 0.329 e. The molecule has 8 heteroatoms. The van der Waals surface area contributed by atoms with Crippen molar-refractivity contribution >= 4 is 58.3 Å². The normalized spacial score (nSPS) is 14.5. The third kappa shape index (κ3) is 5.02. The van der Waals surface area contributed by atoms with Crippen molar-refractivity contribution in [1.29, 1.82) is 0 Å². The van der Waals surface area contributed by atoms with Gasteiger partial charge >= 0.3 is 6.03 Å². The highest BCUT2D eigenvalue weighted by atomic mass is 32.1. The van der Waals surface area contributed by atoms with Crippen LogP contribution in [-0.2, 0) is 0 Å². The van der Waals surface area contributed by atoms with Crippen LogP contribution in [0.2, 0.25) is 0 Å². The van der Waals surface area contributed by atoms with E-state index < -0.39 is 6.03 Å². The van der Waals surface area contributed by atoms with Gasteiger partial charge in [-0.1, -0.05) is 68.6 Å². The maximum absolute atomic E-state index is 11.5. The Morgan fingerprint density at radius 3 is 2.70 bits per heavy atom. The standard InChI is InChI=1S/C25H28N4O2S2/c1-2-3-14-23(31-20-11-7-10-19(17-20)29(33)24(26)30)28-16-15-27(25(28)32)22-13-6-9-18-8-4-5-12-21(18)22/h4-13,17,23,33H,2-3,14-16H2,1H3,(H2,26,30). The van der Waals surface area contributed by atoms with Crippen LogP contribution in [0.4, 0.5) is 16.2 Å². The quantitative estimate of drug-likeness (QED) is 0.326. The first-order valence-corrected chi connectivity index (χ1v) is 11.9. The Morgan fingerprint density at radius 1 is 1.15 bits per heavy atom. The van der Waals surface area contributed by atoms with Crippen LogP contribution >= 0.6 is 25.0 Å². The van der Waals surface area contributed by atoms with Gasteiger partial charge in [0.15, 0.2) is 11.3 Å². The van der Waals surface area contributed by atoms with Gasteiger partial charge in [0.25, 0.3) is 0 Å². The van der Waals surface area contributed by atoms with Gasteiger partial charge in [-0.3, -0.25) is 0 Å². The summed E-state index contributed by atoms with van der Waals surface area (Å²) in [6, 6.07) is 21.2. The third-order valence-corrected chi connectivity index (χ3v) is 6.68. The summed E-state index contributed by atoms with van der Waals surface area (Å²) in [5, 5.41) is 3.14. The molecule has 4 rings (SSSR count). The second-order valence-electron chi connectivity index (χ2n) is 7.99. The average Bonchev–Trinajstić information content (AvgIpc) is 3.21. The number of benzene rings is 3. The zero-order chi connectivity index (χ0) is 23.4. The summed E-state index contributed by atoms with van der Waals surface area (Å²) in [4.78, 5) is 15.8. The number of anilines is 2. The van der Waals surface area contributed by atoms with Gasteiger partial charge in [-0.25, -0.2) is 9.10 Å². The van der Waals surface area contributed by atoms with Crippen molar-refractivity contribution in [3.63, 3.8) is 0 Å². The summed E-state index contributed by atoms with van der Waals surface area (Å²) >= 11 is 10.1. The largest absolute Gasteiger partial charge is 0.470 e. The van der Waals surface area contributed by atoms with Crippen LogP contribution in [-0.4, -0.2) is 35.4 Å². The maximum atomic E-state index is 11.5. The van der Waals surface area contributed by atoms with Crippen LogP contribution in [0.5, 0.6) is 5.75 Å². The van der Waals surface area contributed by atoms with Gasteiger partial charge in [-0.15, -0.1) is 0 Å². The molecule has 0 bridgehead atoms. The van der Waals surface area contributed by atoms with Gasteiger partial charge in [0.1, 0.15) is 5.75 Å². The number of thiol groups is 1. The molecule has 1 unspecified atom stereocenters. The monoisotopic (exact) mass is 480 g/mol. The first-order valence-electron chi connectivity index (χ1n) is 11.1. The number of fused-ring (bicyclic) bond motifs is 1. The number of hydrogen-bond acceptors (Lipinski definition) is 4. The Balaban J connectivity index is 1.58. The molecule has 3 aromatic rings. The van der Waals surface area contributed by atoms with Crippen molar-refractivity contribution in [2.75, 3.05) is 22.3 Å². The molecule has 2 N–H and O–H groups in total. The minimum absolute atomic E-state index is 0.213. The van der Waals surface area contributed by atoms with E-state index in [-0.39, 0.29) is 6.23 Å². The van der Waals surface area contributed by atoms with Crippen LogP contribution in [0.3, 0.4) is 0 Å². The van der Waals surface area contributed by atoms with Crippen LogP contribution in [0.25, 0.3) is 10.8 Å². The molecule has 1 atom stereocenters. The molecule has 1 fully saturated rings. The Kier molecular flexibility index (Phi) is 7.25. The van der Waals surface area contributed by atoms with Crippen molar-refractivity contribution in [3.8, 4) is 5.75 Å². The molecule has 0 saturated carbocycles. The van der Waals surface area contributed by atoms with Gasteiger partial charge in [0.05, 0.1) is 11.4 Å². The fourth-order valence-electron chi connectivity index (χ4n) is 4.12. The van der Waals surface area contributed by atoms with E-state index in [4.69, 9.17) is 22.7 Å². The Morgan fingerprint density at radius 2 is 1.91 bits per heavy atom. The summed E-state index contributed by atoms with van der Waals surface area (Å²) in [6.45, 7) is 3.73. The second-order valence-corrected chi connectivity index (χ2v) is 8.75. The molecule has 0 radical (unpaired) electrons. The lowest BCUT2D eigenvalue weighted by Gasteiger charge is -2.31. The zero-order valence-corrected chi connectivity index (χ0v) is 20.3. The minimum atomic E-state index is -0.649. The molecule has 0 aliphatic carbocycles. The van der Waals surface area contributed by atoms with Crippen LogP contribution in [0.15, 0.2) is 66.7 Å². The van der Waals surface area contributed by atoms with Crippen LogP contribution < -0.4 is 19.7 Å². The molecule has 0 aromatic heterocycles. The fraction of sp³-hybridized carbons (Fsp3) is 0.280. The van der Waals surface area contributed by atoms with E-state index >= 15 is 0 Å². The van der Waals surface area contributed by atoms with E-state index in [0.717, 1.165) is 47.5 Å². The van der Waals surface area contributed by atoms with Crippen molar-refractivity contribution in [2.24, 2.45) is 5.73 Å². The summed E-state index contributed by atoms with van der Waals surface area (Å²) in [5.74, 6) is 0.639. The number of hydrogen-bond donors (Lipinski definition) is 2. The summed E-state index contributed by atoms with van der Waals surface area (Å²) in [7, 11) is 0. The number of nitrogens with zero attached hydrogens (tertiary/aromatic N) is 3. The van der Waals surface area contributed by atoms with Crippen molar-refractivity contribution in [2.45, 2.75) is 32.4 Å². The van der Waals surface area contributed by atoms with Crippen molar-refractivity contribution in [3.05, 3.63) is 66.7 Å². The highest BCUT2D eigenvalue weighted by molar-refractivity contribution is 7.82. The van der Waals surface area contributed by atoms with Crippen LogP contribution in [0, 0.1) is 0 Å². The fourth-order valence-corrected chi connectivity index (χ4v) is 4.64. The van der Waals surface area contributed by atoms with E-state index in [1.54, 1.807) is 12.1 Å². The summed E-state index contributed by atoms with van der Waals surface area (Å²) < 4.78 is 7.51. The Bertz CT molecular complexity index is 1150. The van der Waals surface area contributed by atoms with Crippen LogP contribution in [0.1, 0.15) is 26.2 Å². The molecule has 1 aliphatic heterocycles. The number of ether oxygens (including phenoxy) is 1. The zero-order valence-electron chi connectivity index (χ0n) is 18.6. The molecule has 2 amide bonds. The molecule has 172 valence electrons. The Labute approximate surface area is 205 Å². The van der Waals surface area contributed by atoms with Gasteiger partial charge in [0, 0.05) is 31.0 Å². The minimum Gasteiger partial charge on any atom is -0.470 e. The molecular weight excluding hydrogens is 452 g/mol. The summed E-state index contributed by atoms with van der Waals surface area (Å²) in [5.41, 5.74) is 7.02. The number of nitrogens with two attached hydrogens (primary N) is 1. The van der Waals surface area contributed by atoms with Gasteiger partial charge in [-0.2, -0.15) is 0 Å². The lowest BCUT2D eigenvalue weighted by atomic mass is 10.1. The summed E-state index contributed by atoms with van der Waals surface area (Å²) in [6.07, 6.45) is 2.69. The molecule has 33 heavy (non-hydrogen) atoms. The van der Waals surface area contributed by atoms with Crippen molar-refractivity contribution < 1.29 is 9.53 Å². The molecule has 1 aliphatic rings. The molecular formula is C25H28N4O2S2. The number of primary amides is 1. The topological polar surface area (TPSA) is 62.0 Å². The van der Waals surface area contributed by atoms with E-state index in [1.165, 1.54) is 10.8 Å². The first kappa shape index (κ1) is 23.2. The average molecular weight is 481 g/mol. The Hall–Kier alpha value is -2.97. The second kappa shape index (κ2) is 10.3. The number of rotatable bonds is 8. The third-order valence-electron chi connectivity index (χ3n) is 5.79. The highest BCUT2D eigenvalue weighted by Crippen LogP contribution is 2.32. The molecule has 1 heterocycles. The molecule has 6 nitrogen and oxygen atoms in total. The first-order chi connectivity index (χ1) is 16.0. The van der Waals surface area contributed by atoms with E-state index in [0.29, 0.717) is 11.4 Å². The number of carbonyl (C=O) groups excluding carboxylic acids is 1. The highest BCUT2D eigenvalue weighted by Gasteiger charge is 2.33. The predicted octanol–water partition coefficient (Wildman–Crippen LogP) is 5.57. The number of carbonyl (C=O) groups is 1. The lowest BCUT2D eigenvalue weighted by molar-refractivity contribution is 0.0772. The van der Waals surface area contributed by atoms with E-state index in [2.05, 4.69) is 65.9 Å². The number of urea groups is 1. The van der Waals surface area contributed by atoms with E-state index in [9.17, 15) is 4.79 Å².